The zero-order chi connectivity index (χ0) is 18.1. The van der Waals surface area contributed by atoms with Gasteiger partial charge in [0.15, 0.2) is 0 Å². The summed E-state index contributed by atoms with van der Waals surface area (Å²) in [5, 5.41) is 4.16. The van der Waals surface area contributed by atoms with Crippen LogP contribution >= 0.6 is 15.9 Å². The van der Waals surface area contributed by atoms with E-state index in [1.165, 1.54) is 0 Å². The molecule has 1 unspecified atom stereocenters. The highest BCUT2D eigenvalue weighted by Gasteiger charge is 2.51. The van der Waals surface area contributed by atoms with E-state index in [2.05, 4.69) is 45.6 Å². The van der Waals surface area contributed by atoms with Crippen LogP contribution in [0.5, 0.6) is 5.75 Å². The highest BCUT2D eigenvalue weighted by molar-refractivity contribution is 9.10. The molecule has 1 N–H and O–H groups in total. The van der Waals surface area contributed by atoms with E-state index in [9.17, 15) is 4.79 Å². The zero-order valence-corrected chi connectivity index (χ0v) is 16.0. The zero-order valence-electron chi connectivity index (χ0n) is 14.4. The molecule has 4 nitrogen and oxygen atoms in total. The summed E-state index contributed by atoms with van der Waals surface area (Å²) in [5.41, 5.74) is 5.36. The van der Waals surface area contributed by atoms with Gasteiger partial charge in [-0.2, -0.15) is 0 Å². The van der Waals surface area contributed by atoms with Crippen LogP contribution in [0, 0.1) is 5.41 Å². The molecular weight excluding hydrogens is 392 g/mol. The highest BCUT2D eigenvalue weighted by Crippen LogP contribution is 2.49. The van der Waals surface area contributed by atoms with Crippen LogP contribution in [0.2, 0.25) is 0 Å². The number of nitrogens with one attached hydrogen (secondary N) is 1. The van der Waals surface area contributed by atoms with E-state index < -0.39 is 11.6 Å². The summed E-state index contributed by atoms with van der Waals surface area (Å²) in [5.74, 6) is 0.752. The van der Waals surface area contributed by atoms with Gasteiger partial charge in [-0.25, -0.2) is 5.01 Å². The normalized spacial score (nSPS) is 19.9. The van der Waals surface area contributed by atoms with Crippen molar-refractivity contribution in [3.8, 4) is 16.9 Å². The molecule has 0 radical (unpaired) electrons. The number of nitrogens with zero attached hydrogens (tertiary/aromatic N) is 1. The number of anilines is 1. The van der Waals surface area contributed by atoms with Crippen LogP contribution in [-0.4, -0.2) is 12.1 Å². The van der Waals surface area contributed by atoms with Crippen LogP contribution in [0.25, 0.3) is 21.9 Å². The van der Waals surface area contributed by atoms with Crippen LogP contribution in [0.1, 0.15) is 13.8 Å². The van der Waals surface area contributed by atoms with Crippen LogP contribution < -0.4 is 15.2 Å². The Kier molecular flexibility index (Phi) is 3.16. The summed E-state index contributed by atoms with van der Waals surface area (Å²) >= 11 is 3.57. The van der Waals surface area contributed by atoms with Crippen molar-refractivity contribution < 1.29 is 9.53 Å². The van der Waals surface area contributed by atoms with Gasteiger partial charge in [0.1, 0.15) is 11.2 Å². The number of amides is 1. The minimum atomic E-state index is -0.674. The Morgan fingerprint density at radius 2 is 1.92 bits per heavy atom. The van der Waals surface area contributed by atoms with Crippen LogP contribution in [-0.2, 0) is 4.79 Å². The largest absolute Gasteiger partial charge is 0.467 e. The molecule has 26 heavy (non-hydrogen) atoms. The van der Waals surface area contributed by atoms with Gasteiger partial charge in [0.25, 0.3) is 0 Å². The lowest BCUT2D eigenvalue weighted by Gasteiger charge is -2.29. The maximum absolute atomic E-state index is 12.5. The first kappa shape index (κ1) is 15.7. The number of hydrazine groups is 1. The second-order valence-corrected chi connectivity index (χ2v) is 8.24. The average Bonchev–Trinajstić information content (AvgIpc) is 2.77. The van der Waals surface area contributed by atoms with Crippen LogP contribution in [0.4, 0.5) is 5.69 Å². The maximum Gasteiger partial charge on any atom is 0.250 e. The fourth-order valence-corrected chi connectivity index (χ4v) is 4.15. The molecule has 130 valence electrons. The summed E-state index contributed by atoms with van der Waals surface area (Å²) in [7, 11) is 0. The molecule has 1 fully saturated rings. The topological polar surface area (TPSA) is 41.6 Å². The van der Waals surface area contributed by atoms with E-state index in [-0.39, 0.29) is 5.91 Å². The average molecular weight is 409 g/mol. The van der Waals surface area contributed by atoms with Crippen LogP contribution in [0.15, 0.2) is 59.1 Å². The third kappa shape index (κ3) is 2.04. The van der Waals surface area contributed by atoms with E-state index in [0.717, 1.165) is 37.8 Å². The predicted octanol–water partition coefficient (Wildman–Crippen LogP) is 4.87. The summed E-state index contributed by atoms with van der Waals surface area (Å²) < 4.78 is 7.38. The SMILES string of the molecule is CC1(C)C(=O)NN2c3cc(Br)ccc3-c3c(ccc4ccccc34)OC21. The molecule has 3 aromatic carbocycles. The molecule has 1 saturated heterocycles. The number of rotatable bonds is 0. The van der Waals surface area contributed by atoms with Crippen molar-refractivity contribution in [1.29, 1.82) is 0 Å². The molecule has 0 aliphatic carbocycles. The molecule has 0 spiro atoms. The Hall–Kier alpha value is -2.53. The number of carbonyl (C=O) groups is 1. The second-order valence-electron chi connectivity index (χ2n) is 7.32. The summed E-state index contributed by atoms with van der Waals surface area (Å²) in [6.45, 7) is 3.83. The Morgan fingerprint density at radius 1 is 1.12 bits per heavy atom. The number of carbonyl (C=O) groups excluding carboxylic acids is 1. The lowest BCUT2D eigenvalue weighted by atomic mass is 9.91. The number of benzene rings is 3. The Balaban J connectivity index is 1.87. The summed E-state index contributed by atoms with van der Waals surface area (Å²) in [4.78, 5) is 12.5. The Morgan fingerprint density at radius 3 is 2.77 bits per heavy atom. The van der Waals surface area contributed by atoms with E-state index >= 15 is 0 Å². The van der Waals surface area contributed by atoms with Crippen molar-refractivity contribution in [2.75, 3.05) is 5.01 Å². The van der Waals surface area contributed by atoms with Crippen molar-refractivity contribution in [3.63, 3.8) is 0 Å². The van der Waals surface area contributed by atoms with Gasteiger partial charge in [0.2, 0.25) is 12.1 Å². The smallest absolute Gasteiger partial charge is 0.250 e. The van der Waals surface area contributed by atoms with Gasteiger partial charge in [-0.15, -0.1) is 0 Å². The number of fused-ring (bicyclic) bond motifs is 7. The number of ether oxygens (including phenoxy) is 1. The van der Waals surface area contributed by atoms with E-state index in [1.807, 2.05) is 49.2 Å². The predicted molar refractivity (Wildman–Crippen MR) is 106 cm³/mol. The first-order valence-corrected chi connectivity index (χ1v) is 9.35. The van der Waals surface area contributed by atoms with Crippen molar-refractivity contribution in [2.45, 2.75) is 20.1 Å². The van der Waals surface area contributed by atoms with Crippen molar-refractivity contribution in [1.82, 2.24) is 5.43 Å². The van der Waals surface area contributed by atoms with Crippen molar-refractivity contribution in [3.05, 3.63) is 59.1 Å². The third-order valence-electron chi connectivity index (χ3n) is 5.28. The molecule has 2 aliphatic heterocycles. The highest BCUT2D eigenvalue weighted by atomic mass is 79.9. The van der Waals surface area contributed by atoms with E-state index in [4.69, 9.17) is 4.74 Å². The molecule has 3 aromatic rings. The molecule has 5 rings (SSSR count). The fourth-order valence-electron chi connectivity index (χ4n) is 3.80. The second kappa shape index (κ2) is 5.24. The lowest BCUT2D eigenvalue weighted by molar-refractivity contribution is -0.128. The molecule has 0 bridgehead atoms. The van der Waals surface area contributed by atoms with E-state index in [1.54, 1.807) is 0 Å². The molecular formula is C21H17BrN2O2. The summed E-state index contributed by atoms with van der Waals surface area (Å²) in [6, 6.07) is 18.5. The quantitative estimate of drug-likeness (QED) is 0.576. The third-order valence-corrected chi connectivity index (χ3v) is 5.77. The molecule has 2 aliphatic rings. The number of halogens is 1. The number of hydrogen-bond acceptors (Lipinski definition) is 3. The molecule has 1 atom stereocenters. The van der Waals surface area contributed by atoms with E-state index in [0.29, 0.717) is 0 Å². The van der Waals surface area contributed by atoms with Gasteiger partial charge in [-0.05, 0) is 42.8 Å². The number of hydrogen-bond donors (Lipinski definition) is 1. The minimum Gasteiger partial charge on any atom is -0.467 e. The van der Waals surface area contributed by atoms with Gasteiger partial charge in [-0.1, -0.05) is 52.3 Å². The Bertz CT molecular complexity index is 1080. The molecule has 0 saturated carbocycles. The first-order chi connectivity index (χ1) is 12.5. The minimum absolute atomic E-state index is 0.0438. The van der Waals surface area contributed by atoms with Gasteiger partial charge in [-0.3, -0.25) is 10.2 Å². The Labute approximate surface area is 159 Å². The molecule has 2 heterocycles. The molecule has 1 amide bonds. The van der Waals surface area contributed by atoms with Gasteiger partial charge >= 0.3 is 0 Å². The molecule has 0 aromatic heterocycles. The fraction of sp³-hybridized carbons (Fsp3) is 0.190. The first-order valence-electron chi connectivity index (χ1n) is 8.55. The molecule has 5 heteroatoms. The van der Waals surface area contributed by atoms with Gasteiger partial charge < -0.3 is 4.74 Å². The standard InChI is InChI=1S/C21H17BrN2O2/c1-21(2)19(25)23-24-16-11-13(22)8-9-15(16)18-14-6-4-3-5-12(14)7-10-17(18)26-20(21)24/h3-11,20H,1-2H3,(H,23,25). The summed E-state index contributed by atoms with van der Waals surface area (Å²) in [6.07, 6.45) is -0.425. The maximum atomic E-state index is 12.5. The van der Waals surface area contributed by atoms with Crippen molar-refractivity contribution >= 4 is 38.3 Å². The van der Waals surface area contributed by atoms with Gasteiger partial charge in [0.05, 0.1) is 5.69 Å². The van der Waals surface area contributed by atoms with Gasteiger partial charge in [0, 0.05) is 15.6 Å². The van der Waals surface area contributed by atoms with Crippen LogP contribution in [0.3, 0.4) is 0 Å². The van der Waals surface area contributed by atoms with Crippen molar-refractivity contribution in [2.24, 2.45) is 5.41 Å². The monoisotopic (exact) mass is 408 g/mol. The lowest BCUT2D eigenvalue weighted by Crippen LogP contribution is -2.44.